The maximum Gasteiger partial charge on any atom is 0.193 e. The van der Waals surface area contributed by atoms with E-state index in [0.717, 1.165) is 62.7 Å². The molecule has 0 saturated carbocycles. The summed E-state index contributed by atoms with van der Waals surface area (Å²) in [4.78, 5) is 13.7. The molecule has 1 saturated heterocycles. The van der Waals surface area contributed by atoms with E-state index in [1.807, 2.05) is 31.3 Å². The van der Waals surface area contributed by atoms with E-state index in [9.17, 15) is 5.11 Å². The van der Waals surface area contributed by atoms with Gasteiger partial charge in [0.1, 0.15) is 5.75 Å². The Morgan fingerprint density at radius 1 is 1.10 bits per heavy atom. The van der Waals surface area contributed by atoms with E-state index in [2.05, 4.69) is 38.3 Å². The van der Waals surface area contributed by atoms with Gasteiger partial charge in [-0.05, 0) is 30.7 Å². The fourth-order valence-corrected chi connectivity index (χ4v) is 4.70. The normalized spacial score (nSPS) is 14.6. The van der Waals surface area contributed by atoms with Crippen LogP contribution < -0.4 is 10.2 Å². The monoisotopic (exact) mass is 537 g/mol. The molecular weight excluding hydrogens is 509 g/mol. The molecule has 0 radical (unpaired) electrons. The number of phenolic OH excluding ortho intramolecular Hbond substituents is 1. The molecule has 0 unspecified atom stereocenters. The Bertz CT molecular complexity index is 951. The summed E-state index contributed by atoms with van der Waals surface area (Å²) in [5.74, 6) is 1.30. The molecule has 6 nitrogen and oxygen atoms in total. The third-order valence-electron chi connectivity index (χ3n) is 5.20. The van der Waals surface area contributed by atoms with Gasteiger partial charge in [-0.15, -0.1) is 35.3 Å². The minimum absolute atomic E-state index is 0. The summed E-state index contributed by atoms with van der Waals surface area (Å²) in [6, 6.07) is 15.8. The molecule has 2 heterocycles. The topological polar surface area (TPSA) is 64.0 Å². The Balaban J connectivity index is 0.00000256. The number of hydrogen-bond acceptors (Lipinski definition) is 5. The fraction of sp³-hybridized carbons (Fsp3) is 0.364. The third-order valence-corrected chi connectivity index (χ3v) is 6.30. The van der Waals surface area contributed by atoms with Crippen LogP contribution in [0.5, 0.6) is 5.75 Å². The van der Waals surface area contributed by atoms with Gasteiger partial charge in [0.15, 0.2) is 5.96 Å². The quantitative estimate of drug-likeness (QED) is 0.224. The van der Waals surface area contributed by atoms with Gasteiger partial charge in [0, 0.05) is 46.2 Å². The molecule has 30 heavy (non-hydrogen) atoms. The van der Waals surface area contributed by atoms with E-state index in [4.69, 9.17) is 4.98 Å². The summed E-state index contributed by atoms with van der Waals surface area (Å²) < 4.78 is 1.26. The molecule has 1 aromatic heterocycles. The Hall–Kier alpha value is -2.07. The zero-order chi connectivity index (χ0) is 20.1. The smallest absolute Gasteiger partial charge is 0.193 e. The number of anilines is 1. The molecule has 1 aliphatic heterocycles. The highest BCUT2D eigenvalue weighted by Gasteiger charge is 2.21. The number of hydrogen-bond donors (Lipinski definition) is 2. The highest BCUT2D eigenvalue weighted by molar-refractivity contribution is 14.0. The predicted octanol–water partition coefficient (Wildman–Crippen LogP) is 3.95. The summed E-state index contributed by atoms with van der Waals surface area (Å²) in [7, 11) is 1.84. The SMILES string of the molecule is CN=C(NCCCc1nc2ccccc2s1)N1CCN(c2ccccc2O)CC1.I. The second-order valence-electron chi connectivity index (χ2n) is 7.12. The predicted molar refractivity (Wildman–Crippen MR) is 137 cm³/mol. The molecule has 1 aliphatic rings. The molecule has 160 valence electrons. The number of aliphatic imine (C=N–C) groups is 1. The van der Waals surface area contributed by atoms with Crippen molar-refractivity contribution in [2.45, 2.75) is 12.8 Å². The van der Waals surface area contributed by atoms with Crippen LogP contribution in [0.1, 0.15) is 11.4 Å². The number of nitrogens with one attached hydrogen (secondary N) is 1. The number of guanidine groups is 1. The molecule has 2 N–H and O–H groups in total. The Kier molecular flexibility index (Phi) is 8.15. The first-order valence-electron chi connectivity index (χ1n) is 10.1. The Morgan fingerprint density at radius 3 is 2.57 bits per heavy atom. The number of aryl methyl sites for hydroxylation is 1. The van der Waals surface area contributed by atoms with Crippen LogP contribution in [-0.2, 0) is 6.42 Å². The van der Waals surface area contributed by atoms with E-state index >= 15 is 0 Å². The van der Waals surface area contributed by atoms with E-state index in [1.54, 1.807) is 17.4 Å². The summed E-state index contributed by atoms with van der Waals surface area (Å²) in [5, 5.41) is 14.8. The van der Waals surface area contributed by atoms with Crippen molar-refractivity contribution in [3.63, 3.8) is 0 Å². The molecule has 3 aromatic rings. The molecule has 0 bridgehead atoms. The van der Waals surface area contributed by atoms with Crippen molar-refractivity contribution in [2.24, 2.45) is 4.99 Å². The van der Waals surface area contributed by atoms with Crippen LogP contribution >= 0.6 is 35.3 Å². The third kappa shape index (κ3) is 5.34. The molecule has 0 amide bonds. The fourth-order valence-electron chi connectivity index (χ4n) is 3.69. The van der Waals surface area contributed by atoms with Gasteiger partial charge in [-0.2, -0.15) is 0 Å². The second-order valence-corrected chi connectivity index (χ2v) is 8.23. The lowest BCUT2D eigenvalue weighted by molar-refractivity contribution is 0.369. The first-order valence-corrected chi connectivity index (χ1v) is 10.9. The molecule has 4 rings (SSSR count). The van der Waals surface area contributed by atoms with E-state index in [0.29, 0.717) is 5.75 Å². The number of aromatic hydroxyl groups is 1. The van der Waals surface area contributed by atoms with Crippen molar-refractivity contribution in [3.05, 3.63) is 53.5 Å². The first-order chi connectivity index (χ1) is 14.2. The summed E-state index contributed by atoms with van der Waals surface area (Å²) >= 11 is 1.78. The van der Waals surface area contributed by atoms with Crippen LogP contribution in [0.3, 0.4) is 0 Å². The van der Waals surface area contributed by atoms with Gasteiger partial charge in [0.2, 0.25) is 0 Å². The van der Waals surface area contributed by atoms with Crippen molar-refractivity contribution in [1.29, 1.82) is 0 Å². The first kappa shape index (κ1) is 22.6. The van der Waals surface area contributed by atoms with Gasteiger partial charge < -0.3 is 20.2 Å². The van der Waals surface area contributed by atoms with Crippen LogP contribution in [0.25, 0.3) is 10.2 Å². The van der Waals surface area contributed by atoms with E-state index in [1.165, 1.54) is 9.71 Å². The summed E-state index contributed by atoms with van der Waals surface area (Å²) in [5.41, 5.74) is 2.00. The number of rotatable bonds is 5. The molecular formula is C22H28IN5OS. The van der Waals surface area contributed by atoms with Gasteiger partial charge in [-0.3, -0.25) is 4.99 Å². The number of fused-ring (bicyclic) bond motifs is 1. The number of aromatic nitrogens is 1. The second kappa shape index (κ2) is 10.8. The van der Waals surface area contributed by atoms with Gasteiger partial charge in [-0.1, -0.05) is 24.3 Å². The number of halogens is 1. The molecule has 0 aliphatic carbocycles. The van der Waals surface area contributed by atoms with E-state index < -0.39 is 0 Å². The zero-order valence-corrected chi connectivity index (χ0v) is 20.3. The highest BCUT2D eigenvalue weighted by Crippen LogP contribution is 2.27. The van der Waals surface area contributed by atoms with Gasteiger partial charge in [0.25, 0.3) is 0 Å². The van der Waals surface area contributed by atoms with Crippen molar-refractivity contribution >= 4 is 57.2 Å². The number of para-hydroxylation sites is 3. The molecule has 0 spiro atoms. The zero-order valence-electron chi connectivity index (χ0n) is 17.1. The van der Waals surface area contributed by atoms with Crippen LogP contribution in [0.15, 0.2) is 53.5 Å². The van der Waals surface area contributed by atoms with Crippen molar-refractivity contribution in [3.8, 4) is 5.75 Å². The molecule has 2 aromatic carbocycles. The average molecular weight is 537 g/mol. The summed E-state index contributed by atoms with van der Waals surface area (Å²) in [6.07, 6.45) is 2.00. The van der Waals surface area contributed by atoms with Gasteiger partial charge >= 0.3 is 0 Å². The lowest BCUT2D eigenvalue weighted by Gasteiger charge is -2.37. The highest BCUT2D eigenvalue weighted by atomic mass is 127. The number of benzene rings is 2. The number of thiazole rings is 1. The van der Waals surface area contributed by atoms with Crippen molar-refractivity contribution in [2.75, 3.05) is 44.7 Å². The van der Waals surface area contributed by atoms with Crippen LogP contribution in [0, 0.1) is 0 Å². The standard InChI is InChI=1S/C22H27N5OS.HI/c1-23-22(24-12-6-11-21-25-17-7-2-5-10-20(17)29-21)27-15-13-26(14-16-27)18-8-3-4-9-19(18)28;/h2-5,7-10,28H,6,11-16H2,1H3,(H,23,24);1H. The van der Waals surface area contributed by atoms with Crippen LogP contribution in [-0.4, -0.2) is 60.7 Å². The van der Waals surface area contributed by atoms with Crippen LogP contribution in [0.4, 0.5) is 5.69 Å². The van der Waals surface area contributed by atoms with Gasteiger partial charge in [0.05, 0.1) is 20.9 Å². The molecule has 0 atom stereocenters. The van der Waals surface area contributed by atoms with Crippen molar-refractivity contribution in [1.82, 2.24) is 15.2 Å². The Morgan fingerprint density at radius 2 is 1.83 bits per heavy atom. The summed E-state index contributed by atoms with van der Waals surface area (Å²) in [6.45, 7) is 4.37. The maximum absolute atomic E-state index is 10.1. The lowest BCUT2D eigenvalue weighted by atomic mass is 10.2. The average Bonchev–Trinajstić information content (AvgIpc) is 3.17. The minimum atomic E-state index is 0. The maximum atomic E-state index is 10.1. The lowest BCUT2D eigenvalue weighted by Crippen LogP contribution is -2.52. The largest absolute Gasteiger partial charge is 0.506 e. The molecule has 8 heteroatoms. The van der Waals surface area contributed by atoms with Gasteiger partial charge in [-0.25, -0.2) is 4.98 Å². The minimum Gasteiger partial charge on any atom is -0.506 e. The number of piperazine rings is 1. The van der Waals surface area contributed by atoms with Crippen LogP contribution in [0.2, 0.25) is 0 Å². The molecule has 1 fully saturated rings. The van der Waals surface area contributed by atoms with E-state index in [-0.39, 0.29) is 24.0 Å². The van der Waals surface area contributed by atoms with Crippen molar-refractivity contribution < 1.29 is 5.11 Å². The number of phenols is 1. The number of nitrogens with zero attached hydrogens (tertiary/aromatic N) is 4. The Labute approximate surface area is 198 Å².